The maximum atomic E-state index is 11.5. The molecule has 1 unspecified atom stereocenters. The molecule has 0 fully saturated rings. The van der Waals surface area contributed by atoms with Crippen LogP contribution in [0.5, 0.6) is 0 Å². The quantitative estimate of drug-likeness (QED) is 0.568. The number of hydrogen-bond donors (Lipinski definition) is 1. The topological polar surface area (TPSA) is 27.5 Å². The Morgan fingerprint density at radius 2 is 2.00 bits per heavy atom. The molecule has 0 saturated carbocycles. The standard InChI is InChI=1S/C10H13NO/c12-11-8-4-3-6-9-5-1-2-7-10(9)11/h1-2,5,7,11H,3-4,6,8H2. The number of fused-ring (bicyclic) bond motifs is 1. The lowest BCUT2D eigenvalue weighted by Crippen LogP contribution is -3.02. The van der Waals surface area contributed by atoms with Crippen molar-refractivity contribution in [1.82, 2.24) is 0 Å². The van der Waals surface area contributed by atoms with E-state index < -0.39 is 0 Å². The van der Waals surface area contributed by atoms with E-state index in [1.807, 2.05) is 18.2 Å². The van der Waals surface area contributed by atoms with E-state index in [-0.39, 0.29) is 0 Å². The van der Waals surface area contributed by atoms with E-state index in [9.17, 15) is 5.21 Å². The molecule has 0 radical (unpaired) electrons. The van der Waals surface area contributed by atoms with Crippen molar-refractivity contribution in [2.24, 2.45) is 0 Å². The summed E-state index contributed by atoms with van der Waals surface area (Å²) >= 11 is 0. The molecule has 1 heterocycles. The summed E-state index contributed by atoms with van der Waals surface area (Å²) in [6, 6.07) is 7.97. The molecule has 1 aliphatic heterocycles. The first kappa shape index (κ1) is 7.77. The smallest absolute Gasteiger partial charge is 0.134 e. The summed E-state index contributed by atoms with van der Waals surface area (Å²) in [6.45, 7) is 0.733. The molecule has 0 saturated heterocycles. The molecule has 0 bridgehead atoms. The lowest BCUT2D eigenvalue weighted by atomic mass is 10.1. The Bertz CT molecular complexity index is 272. The molecule has 64 valence electrons. The third-order valence-electron chi connectivity index (χ3n) is 2.42. The summed E-state index contributed by atoms with van der Waals surface area (Å²) < 4.78 is 0. The predicted octanol–water partition coefficient (Wildman–Crippen LogP) is 1.04. The molecule has 0 aliphatic carbocycles. The Morgan fingerprint density at radius 1 is 1.17 bits per heavy atom. The van der Waals surface area contributed by atoms with E-state index in [0.29, 0.717) is 5.06 Å². The van der Waals surface area contributed by atoms with Gasteiger partial charge in [0.1, 0.15) is 5.69 Å². The Balaban J connectivity index is 2.39. The molecular formula is C10H13NO. The van der Waals surface area contributed by atoms with Crippen LogP contribution in [-0.4, -0.2) is 6.54 Å². The first-order valence-electron chi connectivity index (χ1n) is 4.49. The molecule has 0 aromatic heterocycles. The molecule has 0 amide bonds. The molecule has 2 rings (SSSR count). The zero-order valence-electron chi connectivity index (χ0n) is 7.05. The van der Waals surface area contributed by atoms with Crippen molar-refractivity contribution in [3.8, 4) is 0 Å². The molecule has 12 heavy (non-hydrogen) atoms. The molecular weight excluding hydrogens is 150 g/mol. The average molecular weight is 163 g/mol. The van der Waals surface area contributed by atoms with Gasteiger partial charge in [-0.3, -0.25) is 0 Å². The van der Waals surface area contributed by atoms with Crippen LogP contribution in [0.2, 0.25) is 0 Å². The third kappa shape index (κ3) is 1.36. The van der Waals surface area contributed by atoms with Gasteiger partial charge in [0.2, 0.25) is 0 Å². The maximum Gasteiger partial charge on any atom is 0.134 e. The second-order valence-corrected chi connectivity index (χ2v) is 3.29. The largest absolute Gasteiger partial charge is 0.629 e. The van der Waals surface area contributed by atoms with Crippen LogP contribution in [0.4, 0.5) is 5.69 Å². The fourth-order valence-corrected chi connectivity index (χ4v) is 1.75. The molecule has 1 aromatic carbocycles. The van der Waals surface area contributed by atoms with Gasteiger partial charge >= 0.3 is 0 Å². The number of quaternary nitrogens is 1. The second kappa shape index (κ2) is 3.25. The minimum absolute atomic E-state index is 0.322. The highest BCUT2D eigenvalue weighted by atomic mass is 16.5. The molecule has 2 nitrogen and oxygen atoms in total. The van der Waals surface area contributed by atoms with Crippen LogP contribution >= 0.6 is 0 Å². The van der Waals surface area contributed by atoms with Crippen LogP contribution in [-0.2, 0) is 6.42 Å². The molecule has 0 spiro atoms. The predicted molar refractivity (Wildman–Crippen MR) is 48.2 cm³/mol. The Kier molecular flexibility index (Phi) is 2.11. The third-order valence-corrected chi connectivity index (χ3v) is 2.42. The van der Waals surface area contributed by atoms with Crippen LogP contribution in [0, 0.1) is 5.21 Å². The van der Waals surface area contributed by atoms with E-state index in [1.54, 1.807) is 0 Å². The summed E-state index contributed by atoms with van der Waals surface area (Å²) in [7, 11) is 0. The minimum Gasteiger partial charge on any atom is -0.629 e. The molecule has 1 aromatic rings. The van der Waals surface area contributed by atoms with Crippen molar-refractivity contribution in [2.45, 2.75) is 19.3 Å². The Morgan fingerprint density at radius 3 is 2.92 bits per heavy atom. The van der Waals surface area contributed by atoms with E-state index in [0.717, 1.165) is 31.5 Å². The number of rotatable bonds is 0. The second-order valence-electron chi connectivity index (χ2n) is 3.29. The number of benzene rings is 1. The van der Waals surface area contributed by atoms with Gasteiger partial charge in [0.15, 0.2) is 0 Å². The number of para-hydroxylation sites is 1. The Labute approximate surface area is 72.4 Å². The minimum atomic E-state index is 0.322. The lowest BCUT2D eigenvalue weighted by molar-refractivity contribution is -0.776. The van der Waals surface area contributed by atoms with Crippen molar-refractivity contribution in [3.63, 3.8) is 0 Å². The SMILES string of the molecule is [O-][NH+]1CCCCc2ccccc21. The number of nitrogens with one attached hydrogen (secondary N) is 1. The molecule has 1 N–H and O–H groups in total. The van der Waals surface area contributed by atoms with Gasteiger partial charge in [-0.25, -0.2) is 0 Å². The van der Waals surface area contributed by atoms with E-state index in [4.69, 9.17) is 0 Å². The highest BCUT2D eigenvalue weighted by Crippen LogP contribution is 2.15. The van der Waals surface area contributed by atoms with Crippen molar-refractivity contribution in [1.29, 1.82) is 0 Å². The number of hydroxylamine groups is 1. The van der Waals surface area contributed by atoms with Crippen molar-refractivity contribution in [2.75, 3.05) is 6.54 Å². The average Bonchev–Trinajstić information content (AvgIpc) is 2.29. The normalized spacial score (nSPS) is 22.9. The summed E-state index contributed by atoms with van der Waals surface area (Å²) in [5.41, 5.74) is 2.19. The van der Waals surface area contributed by atoms with E-state index >= 15 is 0 Å². The van der Waals surface area contributed by atoms with Gasteiger partial charge in [0.05, 0.1) is 6.54 Å². The van der Waals surface area contributed by atoms with Crippen molar-refractivity contribution < 1.29 is 5.06 Å². The van der Waals surface area contributed by atoms with E-state index in [1.165, 1.54) is 5.56 Å². The van der Waals surface area contributed by atoms with Gasteiger partial charge < -0.3 is 10.3 Å². The zero-order valence-corrected chi connectivity index (χ0v) is 7.05. The fraction of sp³-hybridized carbons (Fsp3) is 0.400. The molecule has 1 aliphatic rings. The van der Waals surface area contributed by atoms with Gasteiger partial charge in [-0.1, -0.05) is 18.2 Å². The summed E-state index contributed by atoms with van der Waals surface area (Å²) in [4.78, 5) is 0. The lowest BCUT2D eigenvalue weighted by Gasteiger charge is -2.21. The highest BCUT2D eigenvalue weighted by Gasteiger charge is 2.12. The first-order chi connectivity index (χ1) is 5.88. The van der Waals surface area contributed by atoms with Crippen molar-refractivity contribution >= 4 is 5.69 Å². The molecule has 1 atom stereocenters. The number of hydrogen-bond acceptors (Lipinski definition) is 1. The van der Waals surface area contributed by atoms with Crippen LogP contribution in [0.3, 0.4) is 0 Å². The van der Waals surface area contributed by atoms with Crippen LogP contribution in [0.1, 0.15) is 18.4 Å². The van der Waals surface area contributed by atoms with Gasteiger partial charge in [0.25, 0.3) is 0 Å². The summed E-state index contributed by atoms with van der Waals surface area (Å²) in [5.74, 6) is 0. The van der Waals surface area contributed by atoms with Crippen LogP contribution in [0.25, 0.3) is 0 Å². The van der Waals surface area contributed by atoms with Crippen LogP contribution < -0.4 is 5.06 Å². The summed E-state index contributed by atoms with van der Waals surface area (Å²) in [6.07, 6.45) is 3.28. The monoisotopic (exact) mass is 163 g/mol. The summed E-state index contributed by atoms with van der Waals surface area (Å²) in [5, 5.41) is 11.8. The highest BCUT2D eigenvalue weighted by molar-refractivity contribution is 5.39. The molecule has 2 heteroatoms. The van der Waals surface area contributed by atoms with Gasteiger partial charge in [-0.05, 0) is 25.3 Å². The van der Waals surface area contributed by atoms with E-state index in [2.05, 4.69) is 6.07 Å². The van der Waals surface area contributed by atoms with Gasteiger partial charge in [-0.2, -0.15) is 0 Å². The fourth-order valence-electron chi connectivity index (χ4n) is 1.75. The van der Waals surface area contributed by atoms with Crippen LogP contribution in [0.15, 0.2) is 24.3 Å². The zero-order chi connectivity index (χ0) is 8.39. The maximum absolute atomic E-state index is 11.5. The number of aryl methyl sites for hydroxylation is 1. The Hall–Kier alpha value is -0.860. The van der Waals surface area contributed by atoms with Crippen molar-refractivity contribution in [3.05, 3.63) is 35.0 Å². The first-order valence-corrected chi connectivity index (χ1v) is 4.49. The van der Waals surface area contributed by atoms with Gasteiger partial charge in [-0.15, -0.1) is 0 Å². The van der Waals surface area contributed by atoms with Gasteiger partial charge in [0, 0.05) is 5.56 Å².